The van der Waals surface area contributed by atoms with Gasteiger partial charge in [0.05, 0.1) is 20.3 Å². The number of rotatable bonds is 8. The van der Waals surface area contributed by atoms with E-state index in [1.54, 1.807) is 37.4 Å². The molecule has 0 saturated heterocycles. The molecule has 0 unspecified atom stereocenters. The van der Waals surface area contributed by atoms with Crippen LogP contribution in [0.15, 0.2) is 48.5 Å². The Kier molecular flexibility index (Phi) is 7.89. The molecular weight excluding hydrogens is 382 g/mol. The molecule has 0 aliphatic heterocycles. The van der Waals surface area contributed by atoms with Crippen LogP contribution in [0.1, 0.15) is 24.1 Å². The largest absolute Gasteiger partial charge is 0.497 e. The van der Waals surface area contributed by atoms with Crippen LogP contribution in [0.25, 0.3) is 6.08 Å². The maximum absolute atomic E-state index is 12.0. The normalized spacial score (nSPS) is 11.7. The van der Waals surface area contributed by atoms with Gasteiger partial charge in [-0.05, 0) is 48.9 Å². The molecule has 6 nitrogen and oxygen atoms in total. The molecular formula is C21H22ClNO5. The highest BCUT2D eigenvalue weighted by Crippen LogP contribution is 2.25. The van der Waals surface area contributed by atoms with Gasteiger partial charge < -0.3 is 19.5 Å². The van der Waals surface area contributed by atoms with E-state index in [2.05, 4.69) is 5.32 Å². The molecule has 2 aromatic carbocycles. The molecule has 0 heterocycles. The first-order chi connectivity index (χ1) is 13.4. The van der Waals surface area contributed by atoms with Crippen molar-refractivity contribution in [3.05, 3.63) is 64.7 Å². The zero-order chi connectivity index (χ0) is 20.5. The molecule has 0 radical (unpaired) electrons. The van der Waals surface area contributed by atoms with E-state index in [-0.39, 0.29) is 12.6 Å². The van der Waals surface area contributed by atoms with Gasteiger partial charge in [0, 0.05) is 16.7 Å². The lowest BCUT2D eigenvalue weighted by atomic mass is 10.1. The molecule has 2 aromatic rings. The summed E-state index contributed by atoms with van der Waals surface area (Å²) >= 11 is 5.85. The van der Waals surface area contributed by atoms with Crippen LogP contribution in [0, 0.1) is 0 Å². The van der Waals surface area contributed by atoms with Gasteiger partial charge in [-0.1, -0.05) is 23.7 Å². The summed E-state index contributed by atoms with van der Waals surface area (Å²) in [6.45, 7) is 1.45. The van der Waals surface area contributed by atoms with E-state index in [0.717, 1.165) is 5.56 Å². The summed E-state index contributed by atoms with van der Waals surface area (Å²) in [4.78, 5) is 23.9. The molecule has 148 valence electrons. The highest BCUT2D eigenvalue weighted by molar-refractivity contribution is 6.30. The van der Waals surface area contributed by atoms with Gasteiger partial charge in [-0.3, -0.25) is 4.79 Å². The Labute approximate surface area is 169 Å². The van der Waals surface area contributed by atoms with Gasteiger partial charge in [-0.25, -0.2) is 4.79 Å². The number of hydrogen-bond acceptors (Lipinski definition) is 5. The number of hydrogen-bond donors (Lipinski definition) is 1. The van der Waals surface area contributed by atoms with Gasteiger partial charge in [-0.15, -0.1) is 0 Å². The Morgan fingerprint density at radius 2 is 1.82 bits per heavy atom. The number of carbonyl (C=O) groups excluding carboxylic acids is 2. The first kappa shape index (κ1) is 21.3. The molecule has 0 aliphatic carbocycles. The molecule has 0 bridgehead atoms. The molecule has 0 aliphatic rings. The zero-order valence-electron chi connectivity index (χ0n) is 15.9. The van der Waals surface area contributed by atoms with Gasteiger partial charge in [0.1, 0.15) is 11.5 Å². The molecule has 7 heteroatoms. The smallest absolute Gasteiger partial charge is 0.331 e. The van der Waals surface area contributed by atoms with Crippen molar-refractivity contribution >= 4 is 29.6 Å². The number of esters is 1. The Hall–Kier alpha value is -2.99. The van der Waals surface area contributed by atoms with Crippen molar-refractivity contribution in [2.45, 2.75) is 13.0 Å². The Bertz CT molecular complexity index is 848. The van der Waals surface area contributed by atoms with Crippen LogP contribution < -0.4 is 14.8 Å². The van der Waals surface area contributed by atoms with E-state index in [1.807, 2.05) is 19.1 Å². The molecule has 2 rings (SSSR count). The summed E-state index contributed by atoms with van der Waals surface area (Å²) < 4.78 is 15.4. The third-order valence-corrected chi connectivity index (χ3v) is 4.18. The fraction of sp³-hybridized carbons (Fsp3) is 0.238. The monoisotopic (exact) mass is 403 g/mol. The number of carbonyl (C=O) groups is 2. The van der Waals surface area contributed by atoms with Crippen molar-refractivity contribution in [3.8, 4) is 11.5 Å². The summed E-state index contributed by atoms with van der Waals surface area (Å²) in [5.41, 5.74) is 1.55. The second-order valence-electron chi connectivity index (χ2n) is 5.89. The number of ether oxygens (including phenoxy) is 3. The fourth-order valence-corrected chi connectivity index (χ4v) is 2.56. The van der Waals surface area contributed by atoms with Gasteiger partial charge in [-0.2, -0.15) is 0 Å². The third kappa shape index (κ3) is 6.32. The lowest BCUT2D eigenvalue weighted by molar-refractivity contribution is -0.144. The summed E-state index contributed by atoms with van der Waals surface area (Å²) in [5.74, 6) is 0.172. The quantitative estimate of drug-likeness (QED) is 0.536. The zero-order valence-corrected chi connectivity index (χ0v) is 16.7. The van der Waals surface area contributed by atoms with E-state index >= 15 is 0 Å². The second kappa shape index (κ2) is 10.4. The third-order valence-electron chi connectivity index (χ3n) is 3.93. The van der Waals surface area contributed by atoms with Crippen LogP contribution in [0.5, 0.6) is 11.5 Å². The molecule has 1 N–H and O–H groups in total. The van der Waals surface area contributed by atoms with E-state index in [0.29, 0.717) is 22.1 Å². The van der Waals surface area contributed by atoms with Crippen molar-refractivity contribution in [1.82, 2.24) is 5.32 Å². The van der Waals surface area contributed by atoms with Crippen molar-refractivity contribution in [2.24, 2.45) is 0 Å². The molecule has 0 aromatic heterocycles. The summed E-state index contributed by atoms with van der Waals surface area (Å²) in [5, 5.41) is 3.38. The first-order valence-electron chi connectivity index (χ1n) is 8.54. The predicted octanol–water partition coefficient (Wildman–Crippen LogP) is 3.79. The molecule has 1 atom stereocenters. The molecule has 0 saturated carbocycles. The highest BCUT2D eigenvalue weighted by atomic mass is 35.5. The lowest BCUT2D eigenvalue weighted by Gasteiger charge is -2.14. The van der Waals surface area contributed by atoms with Crippen LogP contribution in [0.3, 0.4) is 0 Å². The van der Waals surface area contributed by atoms with Crippen LogP contribution in [-0.4, -0.2) is 32.7 Å². The minimum absolute atomic E-state index is 0.236. The van der Waals surface area contributed by atoms with E-state index in [1.165, 1.54) is 19.3 Å². The van der Waals surface area contributed by atoms with Crippen LogP contribution in [-0.2, 0) is 14.3 Å². The van der Waals surface area contributed by atoms with Gasteiger partial charge >= 0.3 is 5.97 Å². The Balaban J connectivity index is 1.87. The molecule has 1 amide bonds. The van der Waals surface area contributed by atoms with Crippen molar-refractivity contribution in [2.75, 3.05) is 20.8 Å². The van der Waals surface area contributed by atoms with Crippen molar-refractivity contribution in [1.29, 1.82) is 0 Å². The van der Waals surface area contributed by atoms with Crippen LogP contribution >= 0.6 is 11.6 Å². The van der Waals surface area contributed by atoms with E-state index in [9.17, 15) is 9.59 Å². The van der Waals surface area contributed by atoms with Crippen LogP contribution in [0.4, 0.5) is 0 Å². The second-order valence-corrected chi connectivity index (χ2v) is 6.33. The summed E-state index contributed by atoms with van der Waals surface area (Å²) in [7, 11) is 3.08. The minimum atomic E-state index is -0.640. The first-order valence-corrected chi connectivity index (χ1v) is 8.92. The number of amides is 1. The Morgan fingerprint density at radius 3 is 2.46 bits per heavy atom. The lowest BCUT2D eigenvalue weighted by Crippen LogP contribution is -2.30. The fourth-order valence-electron chi connectivity index (χ4n) is 2.43. The molecule has 0 spiro atoms. The average Bonchev–Trinajstić information content (AvgIpc) is 2.70. The molecule has 0 fully saturated rings. The van der Waals surface area contributed by atoms with E-state index < -0.39 is 11.9 Å². The van der Waals surface area contributed by atoms with Crippen LogP contribution in [0.2, 0.25) is 5.02 Å². The maximum atomic E-state index is 12.0. The summed E-state index contributed by atoms with van der Waals surface area (Å²) in [6, 6.07) is 12.1. The van der Waals surface area contributed by atoms with Crippen molar-refractivity contribution < 1.29 is 23.8 Å². The van der Waals surface area contributed by atoms with Gasteiger partial charge in [0.2, 0.25) is 0 Å². The van der Waals surface area contributed by atoms with Gasteiger partial charge in [0.15, 0.2) is 6.61 Å². The predicted molar refractivity (Wildman–Crippen MR) is 108 cm³/mol. The minimum Gasteiger partial charge on any atom is -0.497 e. The average molecular weight is 404 g/mol. The number of methoxy groups -OCH3 is 2. The Morgan fingerprint density at radius 1 is 1.11 bits per heavy atom. The molecule has 28 heavy (non-hydrogen) atoms. The highest BCUT2D eigenvalue weighted by Gasteiger charge is 2.11. The SMILES string of the molecule is COc1ccc(OC)c(/C=C/C(=O)OCC(=O)N[C@H](C)c2ccc(Cl)cc2)c1. The van der Waals surface area contributed by atoms with Crippen molar-refractivity contribution in [3.63, 3.8) is 0 Å². The standard InChI is InChI=1S/C21H22ClNO5/c1-14(15-4-7-17(22)8-5-15)23-20(24)13-28-21(25)11-6-16-12-18(26-2)9-10-19(16)27-3/h4-12,14H,13H2,1-3H3,(H,23,24)/b11-6+/t14-/m1/s1. The number of halogens is 1. The summed E-state index contributed by atoms with van der Waals surface area (Å²) in [6.07, 6.45) is 2.77. The number of benzene rings is 2. The number of nitrogens with one attached hydrogen (secondary N) is 1. The van der Waals surface area contributed by atoms with E-state index in [4.69, 9.17) is 25.8 Å². The maximum Gasteiger partial charge on any atom is 0.331 e. The topological polar surface area (TPSA) is 73.9 Å². The van der Waals surface area contributed by atoms with Gasteiger partial charge in [0.25, 0.3) is 5.91 Å².